The maximum Gasteiger partial charge on any atom is 0.412 e. The number of hydrogen-bond acceptors (Lipinski definition) is 5. The Labute approximate surface area is 216 Å². The van der Waals surface area contributed by atoms with Crippen LogP contribution < -0.4 is 10.6 Å². The van der Waals surface area contributed by atoms with Gasteiger partial charge in [-0.2, -0.15) is 0 Å². The van der Waals surface area contributed by atoms with Gasteiger partial charge < -0.3 is 14.8 Å². The lowest BCUT2D eigenvalue weighted by Gasteiger charge is -2.25. The summed E-state index contributed by atoms with van der Waals surface area (Å²) >= 11 is 6.15. The molecule has 1 unspecified atom stereocenters. The van der Waals surface area contributed by atoms with E-state index in [9.17, 15) is 14.4 Å². The molecule has 7 nitrogen and oxygen atoms in total. The van der Waals surface area contributed by atoms with E-state index in [1.165, 1.54) is 6.07 Å². The summed E-state index contributed by atoms with van der Waals surface area (Å²) < 4.78 is 5.31. The zero-order valence-electron chi connectivity index (χ0n) is 21.2. The van der Waals surface area contributed by atoms with Gasteiger partial charge >= 0.3 is 6.09 Å². The normalized spacial score (nSPS) is 12.9. The number of nitrogens with one attached hydrogen (secondary N) is 2. The van der Waals surface area contributed by atoms with E-state index in [4.69, 9.17) is 16.3 Å². The lowest BCUT2D eigenvalue weighted by molar-refractivity contribution is -0.126. The summed E-state index contributed by atoms with van der Waals surface area (Å²) in [5.74, 6) is -0.577. The Morgan fingerprint density at radius 1 is 0.972 bits per heavy atom. The summed E-state index contributed by atoms with van der Waals surface area (Å²) in [6.45, 7) is 10.6. The Hall–Kier alpha value is -3.71. The van der Waals surface area contributed by atoms with Crippen LogP contribution in [0.1, 0.15) is 44.5 Å². The van der Waals surface area contributed by atoms with Crippen molar-refractivity contribution in [3.63, 3.8) is 0 Å². The number of hydrogen-bond donors (Lipinski definition) is 2. The van der Waals surface area contributed by atoms with E-state index in [1.54, 1.807) is 52.1 Å². The number of pyridine rings is 1. The molecule has 0 saturated carbocycles. The monoisotopic (exact) mass is 507 g/mol. The number of rotatable bonds is 6. The minimum atomic E-state index is -1.52. The fraction of sp³-hybridized carbons (Fsp3) is 0.286. The highest BCUT2D eigenvalue weighted by Crippen LogP contribution is 2.32. The third-order valence-corrected chi connectivity index (χ3v) is 5.82. The summed E-state index contributed by atoms with van der Waals surface area (Å²) in [6.07, 6.45) is 1.72. The van der Waals surface area contributed by atoms with Gasteiger partial charge in [0.1, 0.15) is 17.3 Å². The van der Waals surface area contributed by atoms with Crippen LogP contribution in [0.15, 0.2) is 54.7 Å². The minimum absolute atomic E-state index is 0.239. The number of aryl methyl sites for hydroxylation is 2. The largest absolute Gasteiger partial charge is 0.444 e. The van der Waals surface area contributed by atoms with Crippen molar-refractivity contribution in [2.75, 3.05) is 10.6 Å². The van der Waals surface area contributed by atoms with E-state index in [1.807, 2.05) is 38.1 Å². The van der Waals surface area contributed by atoms with Gasteiger partial charge in [-0.1, -0.05) is 29.8 Å². The van der Waals surface area contributed by atoms with Gasteiger partial charge in [-0.3, -0.25) is 15.1 Å². The predicted octanol–water partition coefficient (Wildman–Crippen LogP) is 6.46. The molecule has 0 aliphatic carbocycles. The molecule has 3 aromatic rings. The molecule has 0 saturated heterocycles. The highest BCUT2D eigenvalue weighted by molar-refractivity contribution is 6.31. The SMILES string of the molecule is Cc1cc(-c2cccc(C(C)(C=O)C(=O)Nc3cc(Cl)ccc3NC(=O)OC(C)(C)C)c2)c(C)cn1. The molecule has 0 radical (unpaired) electrons. The number of benzene rings is 2. The first-order chi connectivity index (χ1) is 16.8. The highest BCUT2D eigenvalue weighted by atomic mass is 35.5. The van der Waals surface area contributed by atoms with Crippen LogP contribution in [0.25, 0.3) is 11.1 Å². The van der Waals surface area contributed by atoms with Crippen molar-refractivity contribution >= 4 is 41.3 Å². The molecule has 188 valence electrons. The molecule has 0 bridgehead atoms. The summed E-state index contributed by atoms with van der Waals surface area (Å²) in [5.41, 5.74) is 2.50. The van der Waals surface area contributed by atoms with Gasteiger partial charge in [-0.25, -0.2) is 4.79 Å². The Morgan fingerprint density at radius 2 is 1.69 bits per heavy atom. The van der Waals surface area contributed by atoms with E-state index < -0.39 is 23.0 Å². The van der Waals surface area contributed by atoms with Crippen molar-refractivity contribution in [2.24, 2.45) is 0 Å². The summed E-state index contributed by atoms with van der Waals surface area (Å²) in [4.78, 5) is 42.4. The Balaban J connectivity index is 1.94. The first-order valence-electron chi connectivity index (χ1n) is 11.4. The number of nitrogens with zero attached hydrogens (tertiary/aromatic N) is 1. The van der Waals surface area contributed by atoms with Crippen LogP contribution in [0.5, 0.6) is 0 Å². The molecule has 2 amide bonds. The van der Waals surface area contributed by atoms with Crippen LogP contribution in [0.2, 0.25) is 5.02 Å². The van der Waals surface area contributed by atoms with Gasteiger partial charge in [0.05, 0.1) is 11.4 Å². The molecule has 36 heavy (non-hydrogen) atoms. The van der Waals surface area contributed by atoms with E-state index in [0.717, 1.165) is 22.4 Å². The quantitative estimate of drug-likeness (QED) is 0.294. The molecule has 1 atom stereocenters. The minimum Gasteiger partial charge on any atom is -0.444 e. The molecule has 2 aromatic carbocycles. The number of amides is 2. The van der Waals surface area contributed by atoms with E-state index in [0.29, 0.717) is 16.9 Å². The molecule has 2 N–H and O–H groups in total. The second-order valence-corrected chi connectivity index (χ2v) is 10.2. The topological polar surface area (TPSA) is 97.4 Å². The van der Waals surface area contributed by atoms with Crippen LogP contribution >= 0.6 is 11.6 Å². The number of carbonyl (C=O) groups excluding carboxylic acids is 3. The molecule has 0 aliphatic heterocycles. The molecular weight excluding hydrogens is 478 g/mol. The highest BCUT2D eigenvalue weighted by Gasteiger charge is 2.36. The second-order valence-electron chi connectivity index (χ2n) is 9.81. The standard InChI is InChI=1S/C28H30ClN3O4/c1-17-15-30-18(2)12-22(17)19-8-7-9-20(13-19)28(6,16-33)25(34)31-24-14-21(29)10-11-23(24)32-26(35)36-27(3,4)5/h7-16H,1-6H3,(H,31,34)(H,32,35). The van der Waals surface area contributed by atoms with Gasteiger partial charge in [0.2, 0.25) is 5.91 Å². The fourth-order valence-electron chi connectivity index (χ4n) is 3.60. The average Bonchev–Trinajstić information content (AvgIpc) is 2.80. The molecule has 3 rings (SSSR count). The fourth-order valence-corrected chi connectivity index (χ4v) is 3.77. The Kier molecular flexibility index (Phi) is 7.84. The molecule has 0 fully saturated rings. The van der Waals surface area contributed by atoms with Crippen molar-refractivity contribution in [1.82, 2.24) is 4.98 Å². The van der Waals surface area contributed by atoms with Crippen molar-refractivity contribution < 1.29 is 19.1 Å². The third kappa shape index (κ3) is 6.29. The Bertz CT molecular complexity index is 1320. The zero-order valence-corrected chi connectivity index (χ0v) is 22.0. The lowest BCUT2D eigenvalue weighted by Crippen LogP contribution is -2.39. The molecule has 8 heteroatoms. The molecule has 0 spiro atoms. The van der Waals surface area contributed by atoms with Crippen molar-refractivity contribution in [1.29, 1.82) is 0 Å². The van der Waals surface area contributed by atoms with E-state index in [2.05, 4.69) is 15.6 Å². The smallest absolute Gasteiger partial charge is 0.412 e. The second kappa shape index (κ2) is 10.5. The van der Waals surface area contributed by atoms with E-state index >= 15 is 0 Å². The van der Waals surface area contributed by atoms with Gasteiger partial charge in [-0.05, 0) is 94.1 Å². The van der Waals surface area contributed by atoms with Crippen LogP contribution in [0, 0.1) is 13.8 Å². The molecular formula is C28H30ClN3O4. The number of ether oxygens (including phenoxy) is 1. The molecule has 0 aliphatic rings. The van der Waals surface area contributed by atoms with Gasteiger partial charge in [0.25, 0.3) is 0 Å². The number of anilines is 2. The molecule has 1 aromatic heterocycles. The van der Waals surface area contributed by atoms with Gasteiger partial charge in [-0.15, -0.1) is 0 Å². The lowest BCUT2D eigenvalue weighted by atomic mass is 9.81. The first kappa shape index (κ1) is 26.9. The van der Waals surface area contributed by atoms with Crippen molar-refractivity contribution in [2.45, 2.75) is 52.6 Å². The summed E-state index contributed by atoms with van der Waals surface area (Å²) in [5, 5.41) is 5.72. The van der Waals surface area contributed by atoms with Gasteiger partial charge in [0.15, 0.2) is 0 Å². The maximum atomic E-state index is 13.5. The number of aromatic nitrogens is 1. The number of halogens is 1. The van der Waals surface area contributed by atoms with Crippen LogP contribution in [-0.4, -0.2) is 28.9 Å². The van der Waals surface area contributed by atoms with Crippen LogP contribution in [-0.2, 0) is 19.7 Å². The van der Waals surface area contributed by atoms with Crippen molar-refractivity contribution in [3.05, 3.63) is 76.6 Å². The maximum absolute atomic E-state index is 13.5. The number of aldehydes is 1. The van der Waals surface area contributed by atoms with Crippen molar-refractivity contribution in [3.8, 4) is 11.1 Å². The summed E-state index contributed by atoms with van der Waals surface area (Å²) in [6, 6.07) is 13.9. The predicted molar refractivity (Wildman–Crippen MR) is 143 cm³/mol. The zero-order chi connectivity index (χ0) is 26.7. The summed E-state index contributed by atoms with van der Waals surface area (Å²) in [7, 11) is 0. The first-order valence-corrected chi connectivity index (χ1v) is 11.8. The van der Waals surface area contributed by atoms with Crippen LogP contribution in [0.3, 0.4) is 0 Å². The Morgan fingerprint density at radius 3 is 2.36 bits per heavy atom. The molecule has 1 heterocycles. The van der Waals surface area contributed by atoms with E-state index in [-0.39, 0.29) is 11.4 Å². The average molecular weight is 508 g/mol. The number of carbonyl (C=O) groups is 3. The van der Waals surface area contributed by atoms with Crippen LogP contribution in [0.4, 0.5) is 16.2 Å². The van der Waals surface area contributed by atoms with Gasteiger partial charge in [0, 0.05) is 16.9 Å². The third-order valence-electron chi connectivity index (χ3n) is 5.59.